The smallest absolute Gasteiger partial charge is 0.145 e. The van der Waals surface area contributed by atoms with Crippen molar-refractivity contribution in [3.8, 4) is 0 Å². The summed E-state index contributed by atoms with van der Waals surface area (Å²) < 4.78 is 15.5. The molecule has 0 bridgehead atoms. The lowest BCUT2D eigenvalue weighted by molar-refractivity contribution is 0.145. The molecule has 3 rings (SSSR count). The van der Waals surface area contributed by atoms with Gasteiger partial charge in [-0.2, -0.15) is 0 Å². The summed E-state index contributed by atoms with van der Waals surface area (Å²) in [5.74, 6) is 0.0986. The third kappa shape index (κ3) is 3.46. The van der Waals surface area contributed by atoms with Crippen molar-refractivity contribution in [2.75, 3.05) is 0 Å². The fourth-order valence-electron chi connectivity index (χ4n) is 2.97. The van der Waals surface area contributed by atoms with Crippen LogP contribution in [-0.4, -0.2) is 31.8 Å². The number of nitrogens with zero attached hydrogens (tertiary/aromatic N) is 3. The number of halogens is 1. The highest BCUT2D eigenvalue weighted by molar-refractivity contribution is 5.12. The van der Waals surface area contributed by atoms with Gasteiger partial charge >= 0.3 is 0 Å². The summed E-state index contributed by atoms with van der Waals surface area (Å²) in [7, 11) is 0. The molecule has 0 radical (unpaired) electrons. The van der Waals surface area contributed by atoms with Crippen molar-refractivity contribution < 1.29 is 9.50 Å². The highest BCUT2D eigenvalue weighted by Crippen LogP contribution is 2.27. The van der Waals surface area contributed by atoms with Gasteiger partial charge < -0.3 is 15.0 Å². The van der Waals surface area contributed by atoms with E-state index in [9.17, 15) is 9.50 Å². The van der Waals surface area contributed by atoms with Crippen LogP contribution in [0.3, 0.4) is 0 Å². The lowest BCUT2D eigenvalue weighted by atomic mass is 10.1. The second-order valence-electron chi connectivity index (χ2n) is 5.62. The number of rotatable bonds is 5. The molecule has 21 heavy (non-hydrogen) atoms. The first-order valence-corrected chi connectivity index (χ1v) is 7.18. The number of hydrogen-bond donors (Lipinski definition) is 2. The van der Waals surface area contributed by atoms with Crippen molar-refractivity contribution >= 4 is 0 Å². The zero-order valence-electron chi connectivity index (χ0n) is 11.7. The third-order valence-corrected chi connectivity index (χ3v) is 4.07. The Morgan fingerprint density at radius 2 is 2.24 bits per heavy atom. The summed E-state index contributed by atoms with van der Waals surface area (Å²) in [4.78, 5) is 7.76. The molecule has 6 heteroatoms. The van der Waals surface area contributed by atoms with E-state index in [1.165, 1.54) is 6.20 Å². The van der Waals surface area contributed by atoms with Gasteiger partial charge in [-0.1, -0.05) is 0 Å². The van der Waals surface area contributed by atoms with E-state index in [4.69, 9.17) is 0 Å². The Morgan fingerprint density at radius 1 is 1.33 bits per heavy atom. The van der Waals surface area contributed by atoms with Gasteiger partial charge in [0.2, 0.25) is 0 Å². The third-order valence-electron chi connectivity index (χ3n) is 4.07. The Labute approximate surface area is 122 Å². The molecule has 2 N–H and O–H groups in total. The molecule has 0 aliphatic heterocycles. The number of hydrogen-bond acceptors (Lipinski definition) is 4. The van der Waals surface area contributed by atoms with Gasteiger partial charge in [0.1, 0.15) is 5.82 Å². The lowest BCUT2D eigenvalue weighted by Gasteiger charge is -2.16. The Balaban J connectivity index is 1.53. The van der Waals surface area contributed by atoms with E-state index in [1.807, 2.05) is 10.8 Å². The van der Waals surface area contributed by atoms with E-state index in [0.29, 0.717) is 18.0 Å². The van der Waals surface area contributed by atoms with Crippen LogP contribution in [0.2, 0.25) is 0 Å². The number of aliphatic hydroxyl groups is 1. The second kappa shape index (κ2) is 6.32. The van der Waals surface area contributed by atoms with Crippen LogP contribution in [0, 0.1) is 11.7 Å². The molecule has 2 heterocycles. The van der Waals surface area contributed by atoms with Crippen molar-refractivity contribution in [3.05, 3.63) is 48.6 Å². The average Bonchev–Trinajstić information content (AvgIpc) is 3.09. The van der Waals surface area contributed by atoms with Gasteiger partial charge in [0.25, 0.3) is 0 Å². The molecule has 0 spiro atoms. The summed E-state index contributed by atoms with van der Waals surface area (Å²) in [6, 6.07) is 1.66. The summed E-state index contributed by atoms with van der Waals surface area (Å²) >= 11 is 0. The second-order valence-corrected chi connectivity index (χ2v) is 5.62. The van der Waals surface area contributed by atoms with Gasteiger partial charge in [-0.15, -0.1) is 0 Å². The molecule has 1 saturated carbocycles. The lowest BCUT2D eigenvalue weighted by Crippen LogP contribution is -2.35. The van der Waals surface area contributed by atoms with E-state index in [-0.39, 0.29) is 18.0 Å². The molecule has 112 valence electrons. The molecule has 2 aromatic heterocycles. The van der Waals surface area contributed by atoms with Crippen LogP contribution in [0.25, 0.3) is 0 Å². The maximum atomic E-state index is 13.5. The fraction of sp³-hybridized carbons (Fsp3) is 0.467. The summed E-state index contributed by atoms with van der Waals surface area (Å²) in [5, 5.41) is 13.4. The first-order chi connectivity index (χ1) is 10.2. The minimum Gasteiger partial charge on any atom is -0.391 e. The first-order valence-electron chi connectivity index (χ1n) is 7.18. The Hall–Kier alpha value is -1.79. The monoisotopic (exact) mass is 290 g/mol. The highest BCUT2D eigenvalue weighted by Gasteiger charge is 2.32. The molecule has 0 saturated heterocycles. The van der Waals surface area contributed by atoms with Crippen molar-refractivity contribution in [3.63, 3.8) is 0 Å². The van der Waals surface area contributed by atoms with E-state index in [0.717, 1.165) is 19.4 Å². The van der Waals surface area contributed by atoms with Crippen molar-refractivity contribution in [1.82, 2.24) is 19.9 Å². The fourth-order valence-corrected chi connectivity index (χ4v) is 2.97. The Bertz CT molecular complexity index is 575. The van der Waals surface area contributed by atoms with Crippen LogP contribution in [-0.2, 0) is 13.1 Å². The summed E-state index contributed by atoms with van der Waals surface area (Å²) in [6.45, 7) is 1.27. The predicted octanol–water partition coefficient (Wildman–Crippen LogP) is 1.35. The van der Waals surface area contributed by atoms with Crippen LogP contribution in [0.1, 0.15) is 18.4 Å². The molecule has 1 aliphatic carbocycles. The van der Waals surface area contributed by atoms with Gasteiger partial charge in [-0.05, 0) is 24.8 Å². The van der Waals surface area contributed by atoms with E-state index < -0.39 is 0 Å². The number of aromatic nitrogens is 3. The van der Waals surface area contributed by atoms with Crippen LogP contribution >= 0.6 is 0 Å². The standard InChI is InChI=1S/C15H19FN4O/c16-13-8-17-2-1-12(13)7-19-14-5-11(6-15(14)21)9-20-4-3-18-10-20/h1-4,8,10-11,14-15,19,21H,5-7,9H2/t11?,14-,15-/m1/s1. The quantitative estimate of drug-likeness (QED) is 0.872. The normalized spacial score (nSPS) is 25.3. The maximum Gasteiger partial charge on any atom is 0.145 e. The molecular formula is C15H19FN4O. The SMILES string of the molecule is O[C@@H]1CC(Cn2ccnc2)C[C@H]1NCc1ccncc1F. The first kappa shape index (κ1) is 14.2. The summed E-state index contributed by atoms with van der Waals surface area (Å²) in [5.41, 5.74) is 0.579. The maximum absolute atomic E-state index is 13.5. The van der Waals surface area contributed by atoms with E-state index in [2.05, 4.69) is 15.3 Å². The molecular weight excluding hydrogens is 271 g/mol. The zero-order chi connectivity index (χ0) is 14.7. The van der Waals surface area contributed by atoms with E-state index >= 15 is 0 Å². The molecule has 1 fully saturated rings. The van der Waals surface area contributed by atoms with Gasteiger partial charge in [0.15, 0.2) is 0 Å². The largest absolute Gasteiger partial charge is 0.391 e. The van der Waals surface area contributed by atoms with Gasteiger partial charge in [-0.25, -0.2) is 9.37 Å². The molecule has 0 amide bonds. The minimum absolute atomic E-state index is 0.00564. The molecule has 3 atom stereocenters. The van der Waals surface area contributed by atoms with Crippen molar-refractivity contribution in [2.24, 2.45) is 5.92 Å². The van der Waals surface area contributed by atoms with Gasteiger partial charge in [0, 0.05) is 43.3 Å². The van der Waals surface area contributed by atoms with Crippen LogP contribution in [0.5, 0.6) is 0 Å². The Morgan fingerprint density at radius 3 is 3.00 bits per heavy atom. The van der Waals surface area contributed by atoms with Crippen LogP contribution in [0.15, 0.2) is 37.2 Å². The summed E-state index contributed by atoms with van der Waals surface area (Å²) in [6.07, 6.45) is 9.52. The molecule has 5 nitrogen and oxygen atoms in total. The number of imidazole rings is 1. The molecule has 0 aromatic carbocycles. The molecule has 1 aliphatic rings. The molecule has 1 unspecified atom stereocenters. The van der Waals surface area contributed by atoms with Gasteiger partial charge in [0.05, 0.1) is 18.6 Å². The van der Waals surface area contributed by atoms with Crippen molar-refractivity contribution in [2.45, 2.75) is 38.1 Å². The molecule has 2 aromatic rings. The van der Waals surface area contributed by atoms with Crippen molar-refractivity contribution in [1.29, 1.82) is 0 Å². The van der Waals surface area contributed by atoms with Crippen LogP contribution < -0.4 is 5.32 Å². The Kier molecular flexibility index (Phi) is 4.26. The minimum atomic E-state index is -0.386. The van der Waals surface area contributed by atoms with Gasteiger partial charge in [-0.3, -0.25) is 4.98 Å². The zero-order valence-corrected chi connectivity index (χ0v) is 11.7. The topological polar surface area (TPSA) is 63.0 Å². The van der Waals surface area contributed by atoms with Crippen LogP contribution in [0.4, 0.5) is 4.39 Å². The number of pyridine rings is 1. The van der Waals surface area contributed by atoms with E-state index in [1.54, 1.807) is 24.8 Å². The predicted molar refractivity (Wildman–Crippen MR) is 75.8 cm³/mol. The number of nitrogens with one attached hydrogen (secondary N) is 1. The highest BCUT2D eigenvalue weighted by atomic mass is 19.1. The number of aliphatic hydroxyl groups excluding tert-OH is 1. The average molecular weight is 290 g/mol.